The number of hydrogen-bond acceptors (Lipinski definition) is 2. The zero-order chi connectivity index (χ0) is 9.52. The van der Waals surface area contributed by atoms with Gasteiger partial charge in [0.05, 0.1) is 11.8 Å². The number of rotatable bonds is 2. The molecule has 1 aliphatic rings. The van der Waals surface area contributed by atoms with Crippen LogP contribution in [0.5, 0.6) is 0 Å². The molecule has 68 valence electrons. The molecule has 0 radical (unpaired) electrons. The lowest BCUT2D eigenvalue weighted by atomic mass is 9.55. The second-order valence-corrected chi connectivity index (χ2v) is 3.84. The topological polar surface area (TPSA) is 74.6 Å². The fourth-order valence-corrected chi connectivity index (χ4v) is 1.76. The van der Waals surface area contributed by atoms with E-state index in [1.165, 1.54) is 0 Å². The lowest BCUT2D eigenvalue weighted by Gasteiger charge is -2.47. The molecule has 1 rings (SSSR count). The summed E-state index contributed by atoms with van der Waals surface area (Å²) in [4.78, 5) is 21.1. The van der Waals surface area contributed by atoms with Crippen LogP contribution in [-0.2, 0) is 9.59 Å². The van der Waals surface area contributed by atoms with Gasteiger partial charge in [0.15, 0.2) is 0 Å². The molecule has 0 saturated heterocycles. The van der Waals surface area contributed by atoms with Gasteiger partial charge in [0, 0.05) is 0 Å². The highest BCUT2D eigenvalue weighted by molar-refractivity contribution is 5.79. The van der Waals surface area contributed by atoms with E-state index in [9.17, 15) is 9.59 Å². The fraction of sp³-hybridized carbons (Fsp3) is 0.750. The van der Waals surface area contributed by atoms with E-state index in [4.69, 9.17) is 10.2 Å². The standard InChI is InChI=1S/C8H12O4/c1-8(2)4(6(9)10)3-5(8)7(11)12/h4-5H,3H2,1-2H3,(H,9,10)(H,11,12)/t4-,5+. The Morgan fingerprint density at radius 1 is 1.17 bits per heavy atom. The molecule has 4 heteroatoms. The molecule has 0 heterocycles. The highest BCUT2D eigenvalue weighted by atomic mass is 16.4. The lowest BCUT2D eigenvalue weighted by Crippen LogP contribution is -2.52. The molecule has 1 saturated carbocycles. The van der Waals surface area contributed by atoms with E-state index in [0.29, 0.717) is 0 Å². The Bertz CT molecular complexity index is 209. The summed E-state index contributed by atoms with van der Waals surface area (Å²) in [6, 6.07) is 0. The summed E-state index contributed by atoms with van der Waals surface area (Å²) in [5, 5.41) is 17.4. The van der Waals surface area contributed by atoms with Crippen molar-refractivity contribution in [3.05, 3.63) is 0 Å². The zero-order valence-corrected chi connectivity index (χ0v) is 7.07. The first-order valence-corrected chi connectivity index (χ1v) is 3.83. The molecular weight excluding hydrogens is 160 g/mol. The summed E-state index contributed by atoms with van der Waals surface area (Å²) in [5.41, 5.74) is -0.600. The molecule has 1 aliphatic carbocycles. The second kappa shape index (κ2) is 2.47. The predicted molar refractivity (Wildman–Crippen MR) is 40.6 cm³/mol. The van der Waals surface area contributed by atoms with Crippen molar-refractivity contribution in [2.45, 2.75) is 20.3 Å². The van der Waals surface area contributed by atoms with E-state index < -0.39 is 29.2 Å². The molecule has 0 unspecified atom stereocenters. The molecule has 0 spiro atoms. The van der Waals surface area contributed by atoms with Crippen molar-refractivity contribution in [2.24, 2.45) is 17.3 Å². The summed E-state index contributed by atoms with van der Waals surface area (Å²) < 4.78 is 0. The van der Waals surface area contributed by atoms with Crippen LogP contribution in [-0.4, -0.2) is 22.2 Å². The number of hydrogen-bond donors (Lipinski definition) is 2. The van der Waals surface area contributed by atoms with Crippen LogP contribution in [0.2, 0.25) is 0 Å². The maximum absolute atomic E-state index is 10.6. The van der Waals surface area contributed by atoms with Gasteiger partial charge in [-0.25, -0.2) is 0 Å². The summed E-state index contributed by atoms with van der Waals surface area (Å²) in [7, 11) is 0. The van der Waals surface area contributed by atoms with E-state index in [2.05, 4.69) is 0 Å². The third kappa shape index (κ3) is 1.07. The zero-order valence-electron chi connectivity index (χ0n) is 7.07. The van der Waals surface area contributed by atoms with Crippen molar-refractivity contribution in [2.75, 3.05) is 0 Å². The summed E-state index contributed by atoms with van der Waals surface area (Å²) in [5.74, 6) is -2.78. The average molecular weight is 172 g/mol. The molecule has 0 bridgehead atoms. The van der Waals surface area contributed by atoms with Crippen LogP contribution in [0.1, 0.15) is 20.3 Å². The Morgan fingerprint density at radius 2 is 1.50 bits per heavy atom. The van der Waals surface area contributed by atoms with Crippen molar-refractivity contribution in [1.82, 2.24) is 0 Å². The van der Waals surface area contributed by atoms with Crippen LogP contribution in [0, 0.1) is 17.3 Å². The van der Waals surface area contributed by atoms with Crippen LogP contribution < -0.4 is 0 Å². The van der Waals surface area contributed by atoms with Gasteiger partial charge in [0.2, 0.25) is 0 Å². The van der Waals surface area contributed by atoms with Crippen LogP contribution in [0.15, 0.2) is 0 Å². The van der Waals surface area contributed by atoms with Gasteiger partial charge in [-0.2, -0.15) is 0 Å². The summed E-state index contributed by atoms with van der Waals surface area (Å²) >= 11 is 0. The largest absolute Gasteiger partial charge is 0.481 e. The first kappa shape index (κ1) is 9.03. The number of carbonyl (C=O) groups is 2. The van der Waals surface area contributed by atoms with Gasteiger partial charge in [-0.1, -0.05) is 13.8 Å². The maximum atomic E-state index is 10.6. The summed E-state index contributed by atoms with van der Waals surface area (Å²) in [6.45, 7) is 3.38. The fourth-order valence-electron chi connectivity index (χ4n) is 1.76. The van der Waals surface area contributed by atoms with Gasteiger partial charge in [-0.3, -0.25) is 9.59 Å². The molecule has 2 atom stereocenters. The quantitative estimate of drug-likeness (QED) is 0.646. The lowest BCUT2D eigenvalue weighted by molar-refractivity contribution is -0.171. The molecule has 12 heavy (non-hydrogen) atoms. The van der Waals surface area contributed by atoms with E-state index in [1.54, 1.807) is 13.8 Å². The Balaban J connectivity index is 2.72. The van der Waals surface area contributed by atoms with Crippen LogP contribution in [0.25, 0.3) is 0 Å². The van der Waals surface area contributed by atoms with Crippen molar-refractivity contribution >= 4 is 11.9 Å². The van der Waals surface area contributed by atoms with Crippen molar-refractivity contribution in [1.29, 1.82) is 0 Å². The molecule has 4 nitrogen and oxygen atoms in total. The Hall–Kier alpha value is -1.06. The van der Waals surface area contributed by atoms with Gasteiger partial charge in [0.25, 0.3) is 0 Å². The second-order valence-electron chi connectivity index (χ2n) is 3.84. The van der Waals surface area contributed by atoms with Gasteiger partial charge >= 0.3 is 11.9 Å². The van der Waals surface area contributed by atoms with E-state index in [0.717, 1.165) is 0 Å². The first-order chi connectivity index (χ1) is 5.37. The third-order valence-electron chi connectivity index (χ3n) is 2.86. The molecule has 0 aromatic heterocycles. The van der Waals surface area contributed by atoms with E-state index in [1.807, 2.05) is 0 Å². The van der Waals surface area contributed by atoms with Crippen molar-refractivity contribution < 1.29 is 19.8 Å². The highest BCUT2D eigenvalue weighted by Crippen LogP contribution is 2.51. The predicted octanol–water partition coefficient (Wildman–Crippen LogP) is 0.818. The van der Waals surface area contributed by atoms with Gasteiger partial charge < -0.3 is 10.2 Å². The number of carboxylic acid groups (broad SMARTS) is 2. The number of aliphatic carboxylic acids is 2. The average Bonchev–Trinajstić information content (AvgIpc) is 1.83. The minimum atomic E-state index is -0.891. The van der Waals surface area contributed by atoms with Crippen molar-refractivity contribution in [3.63, 3.8) is 0 Å². The molecule has 0 amide bonds. The molecule has 2 N–H and O–H groups in total. The SMILES string of the molecule is CC1(C)[C@@H](C(=O)O)C[C@H]1C(=O)O. The molecular formula is C8H12O4. The third-order valence-corrected chi connectivity index (χ3v) is 2.86. The molecule has 0 aromatic carbocycles. The Labute approximate surface area is 70.2 Å². The van der Waals surface area contributed by atoms with Gasteiger partial charge in [-0.15, -0.1) is 0 Å². The smallest absolute Gasteiger partial charge is 0.307 e. The first-order valence-electron chi connectivity index (χ1n) is 3.83. The monoisotopic (exact) mass is 172 g/mol. The normalized spacial score (nSPS) is 32.2. The van der Waals surface area contributed by atoms with Crippen LogP contribution in [0.4, 0.5) is 0 Å². The Kier molecular flexibility index (Phi) is 1.86. The Morgan fingerprint density at radius 3 is 1.67 bits per heavy atom. The van der Waals surface area contributed by atoms with Gasteiger partial charge in [-0.05, 0) is 11.8 Å². The summed E-state index contributed by atoms with van der Waals surface area (Å²) in [6.07, 6.45) is 0.262. The van der Waals surface area contributed by atoms with Gasteiger partial charge in [0.1, 0.15) is 0 Å². The minimum absolute atomic E-state index is 0.262. The molecule has 1 fully saturated rings. The van der Waals surface area contributed by atoms with Crippen LogP contribution in [0.3, 0.4) is 0 Å². The molecule has 0 aliphatic heterocycles. The minimum Gasteiger partial charge on any atom is -0.481 e. The van der Waals surface area contributed by atoms with E-state index >= 15 is 0 Å². The maximum Gasteiger partial charge on any atom is 0.307 e. The van der Waals surface area contributed by atoms with E-state index in [-0.39, 0.29) is 6.42 Å². The van der Waals surface area contributed by atoms with Crippen molar-refractivity contribution in [3.8, 4) is 0 Å². The van der Waals surface area contributed by atoms with Crippen LogP contribution >= 0.6 is 0 Å². The number of carboxylic acids is 2. The highest BCUT2D eigenvalue weighted by Gasteiger charge is 2.55. The molecule has 0 aromatic rings.